The van der Waals surface area contributed by atoms with Gasteiger partial charge in [0.05, 0.1) is 0 Å². The van der Waals surface area contributed by atoms with E-state index in [9.17, 15) is 0 Å². The fourth-order valence-corrected chi connectivity index (χ4v) is 2.72. The molecule has 0 spiro atoms. The van der Waals surface area contributed by atoms with Gasteiger partial charge in [-0.2, -0.15) is 0 Å². The van der Waals surface area contributed by atoms with Gasteiger partial charge in [0.25, 0.3) is 0 Å². The maximum Gasteiger partial charge on any atom is -0.0112 e. The summed E-state index contributed by atoms with van der Waals surface area (Å²) in [6.07, 6.45) is 6.14. The van der Waals surface area contributed by atoms with Crippen molar-refractivity contribution in [1.82, 2.24) is 0 Å². The summed E-state index contributed by atoms with van der Waals surface area (Å²) in [6.45, 7) is 30.7. The van der Waals surface area contributed by atoms with E-state index in [4.69, 9.17) is 0 Å². The lowest BCUT2D eigenvalue weighted by atomic mass is 9.78. The fraction of sp³-hybridized carbons (Fsp3) is 0.481. The summed E-state index contributed by atoms with van der Waals surface area (Å²) >= 11 is 0. The molecule has 0 amide bonds. The third-order valence-electron chi connectivity index (χ3n) is 5.27. The second-order valence-corrected chi connectivity index (χ2v) is 10.7. The quantitative estimate of drug-likeness (QED) is 0.470. The minimum Gasteiger partial charge on any atom is -0.0984 e. The normalized spacial score (nSPS) is 13.3. The van der Waals surface area contributed by atoms with E-state index >= 15 is 0 Å². The van der Waals surface area contributed by atoms with Gasteiger partial charge in [-0.3, -0.25) is 0 Å². The minimum atomic E-state index is 0.0897. The highest BCUT2D eigenvalue weighted by atomic mass is 14.3. The summed E-state index contributed by atoms with van der Waals surface area (Å²) in [5, 5.41) is 0. The van der Waals surface area contributed by atoms with Crippen LogP contribution in [0.4, 0.5) is 0 Å². The first-order valence-electron chi connectivity index (χ1n) is 9.95. The van der Waals surface area contributed by atoms with E-state index in [0.29, 0.717) is 0 Å². The molecule has 0 bridgehead atoms. The van der Waals surface area contributed by atoms with E-state index in [2.05, 4.69) is 107 Å². The minimum absolute atomic E-state index is 0.0897. The smallest absolute Gasteiger partial charge is 0.0112 e. The van der Waals surface area contributed by atoms with E-state index in [-0.39, 0.29) is 16.2 Å². The molecule has 1 aromatic carbocycles. The van der Waals surface area contributed by atoms with Gasteiger partial charge in [0.2, 0.25) is 0 Å². The maximum atomic E-state index is 4.03. The molecule has 0 radical (unpaired) electrons. The second-order valence-electron chi connectivity index (χ2n) is 10.7. The zero-order valence-electron chi connectivity index (χ0n) is 19.4. The number of rotatable bonds is 4. The van der Waals surface area contributed by atoms with Crippen molar-refractivity contribution in [2.45, 2.75) is 80.1 Å². The Balaban J connectivity index is 3.91. The highest BCUT2D eigenvalue weighted by Gasteiger charge is 2.22. The van der Waals surface area contributed by atoms with Crippen molar-refractivity contribution in [2.75, 3.05) is 0 Å². The van der Waals surface area contributed by atoms with Crippen molar-refractivity contribution in [3.8, 4) is 0 Å². The molecule has 0 unspecified atom stereocenters. The van der Waals surface area contributed by atoms with Crippen LogP contribution in [0.25, 0.3) is 5.57 Å². The molecule has 0 aliphatic heterocycles. The van der Waals surface area contributed by atoms with E-state index in [1.165, 1.54) is 27.8 Å². The highest BCUT2D eigenvalue weighted by molar-refractivity contribution is 5.81. The number of hydrogen-bond donors (Lipinski definition) is 0. The van der Waals surface area contributed by atoms with Gasteiger partial charge in [-0.1, -0.05) is 117 Å². The fourth-order valence-electron chi connectivity index (χ4n) is 2.72. The monoisotopic (exact) mass is 364 g/mol. The van der Waals surface area contributed by atoms with Gasteiger partial charge in [0.1, 0.15) is 0 Å². The Bertz CT molecular complexity index is 717. The second kappa shape index (κ2) is 8.05. The summed E-state index contributed by atoms with van der Waals surface area (Å²) in [7, 11) is 0. The Morgan fingerprint density at radius 2 is 1.15 bits per heavy atom. The zero-order chi connectivity index (χ0) is 21.2. The van der Waals surface area contributed by atoms with Crippen molar-refractivity contribution >= 4 is 5.57 Å². The predicted octanol–water partition coefficient (Wildman–Crippen LogP) is 8.40. The maximum absolute atomic E-state index is 4.03. The molecule has 27 heavy (non-hydrogen) atoms. The van der Waals surface area contributed by atoms with E-state index in [1.807, 2.05) is 12.2 Å². The molecule has 0 aromatic heterocycles. The average Bonchev–Trinajstić information content (AvgIpc) is 2.51. The van der Waals surface area contributed by atoms with E-state index in [0.717, 1.165) is 5.57 Å². The van der Waals surface area contributed by atoms with Gasteiger partial charge in [-0.15, -0.1) is 0 Å². The van der Waals surface area contributed by atoms with Gasteiger partial charge in [-0.25, -0.2) is 0 Å². The van der Waals surface area contributed by atoms with Crippen LogP contribution in [-0.4, -0.2) is 0 Å². The molecule has 148 valence electrons. The molecule has 0 saturated carbocycles. The first-order chi connectivity index (χ1) is 12.1. The molecular weight excluding hydrogens is 324 g/mol. The zero-order valence-corrected chi connectivity index (χ0v) is 19.4. The predicted molar refractivity (Wildman–Crippen MR) is 124 cm³/mol. The van der Waals surface area contributed by atoms with Crippen LogP contribution in [0.15, 0.2) is 60.7 Å². The molecule has 0 aliphatic carbocycles. The summed E-state index contributed by atoms with van der Waals surface area (Å²) in [4.78, 5) is 0. The molecule has 0 heteroatoms. The van der Waals surface area contributed by atoms with Crippen LogP contribution in [0.1, 0.15) is 85.9 Å². The standard InChI is InChI=1S/C27H40/c1-13-20(14-2)24(15-19(3)25(4,5)6)21-16-22(26(7,8)9)18-23(17-21)27(10,11)12/h13-18H,1-2H2,3-12H3/b19-15+. The Kier molecular flexibility index (Phi) is 6.92. The number of hydrogen-bond acceptors (Lipinski definition) is 0. The molecule has 1 aromatic rings. The lowest BCUT2D eigenvalue weighted by molar-refractivity contribution is 0.504. The lowest BCUT2D eigenvalue weighted by Gasteiger charge is -2.27. The largest absolute Gasteiger partial charge is 0.0984 e. The van der Waals surface area contributed by atoms with E-state index in [1.54, 1.807) is 0 Å². The van der Waals surface area contributed by atoms with Crippen LogP contribution in [0.5, 0.6) is 0 Å². The van der Waals surface area contributed by atoms with Crippen LogP contribution in [-0.2, 0) is 10.8 Å². The van der Waals surface area contributed by atoms with Crippen molar-refractivity contribution in [1.29, 1.82) is 0 Å². The van der Waals surface area contributed by atoms with Crippen molar-refractivity contribution in [2.24, 2.45) is 5.41 Å². The number of allylic oxidation sites excluding steroid dienone is 6. The third kappa shape index (κ3) is 6.09. The molecule has 0 aliphatic rings. The molecule has 1 rings (SSSR count). The molecular formula is C27H40. The summed E-state index contributed by atoms with van der Waals surface area (Å²) in [5.41, 5.74) is 7.87. The van der Waals surface area contributed by atoms with Crippen molar-refractivity contribution in [3.63, 3.8) is 0 Å². The van der Waals surface area contributed by atoms with Crippen LogP contribution in [0.2, 0.25) is 0 Å². The topological polar surface area (TPSA) is 0 Å². The van der Waals surface area contributed by atoms with Crippen LogP contribution in [0, 0.1) is 5.41 Å². The first-order valence-corrected chi connectivity index (χ1v) is 9.95. The molecule has 0 N–H and O–H groups in total. The molecule has 0 atom stereocenters. The molecule has 0 heterocycles. The number of benzene rings is 1. The van der Waals surface area contributed by atoms with Crippen molar-refractivity contribution in [3.05, 3.63) is 77.4 Å². The summed E-state index contributed by atoms with van der Waals surface area (Å²) < 4.78 is 0. The Morgan fingerprint density at radius 1 is 0.741 bits per heavy atom. The van der Waals surface area contributed by atoms with Gasteiger partial charge >= 0.3 is 0 Å². The Labute approximate surface area is 168 Å². The van der Waals surface area contributed by atoms with E-state index < -0.39 is 0 Å². The molecule has 0 saturated heterocycles. The highest BCUT2D eigenvalue weighted by Crippen LogP contribution is 2.36. The lowest BCUT2D eigenvalue weighted by Crippen LogP contribution is -2.17. The van der Waals surface area contributed by atoms with Gasteiger partial charge in [-0.05, 0) is 51.0 Å². The van der Waals surface area contributed by atoms with Gasteiger partial charge in [0, 0.05) is 0 Å². The Morgan fingerprint density at radius 3 is 1.44 bits per heavy atom. The third-order valence-corrected chi connectivity index (χ3v) is 5.27. The first kappa shape index (κ1) is 23.2. The average molecular weight is 365 g/mol. The van der Waals surface area contributed by atoms with Crippen LogP contribution in [0.3, 0.4) is 0 Å². The summed E-state index contributed by atoms with van der Waals surface area (Å²) in [6, 6.07) is 7.04. The molecule has 0 nitrogen and oxygen atoms in total. The SMILES string of the molecule is C=CC(C=C)=C(/C=C(\C)C(C)(C)C)c1cc(C(C)(C)C)cc(C(C)(C)C)c1. The molecule has 0 fully saturated rings. The van der Waals surface area contributed by atoms with Crippen molar-refractivity contribution < 1.29 is 0 Å². The van der Waals surface area contributed by atoms with Crippen LogP contribution < -0.4 is 0 Å². The Hall–Kier alpha value is -1.82. The van der Waals surface area contributed by atoms with Crippen LogP contribution >= 0.6 is 0 Å². The van der Waals surface area contributed by atoms with Gasteiger partial charge in [0.15, 0.2) is 0 Å². The summed E-state index contributed by atoms with van der Waals surface area (Å²) in [5.74, 6) is 0. The van der Waals surface area contributed by atoms with Gasteiger partial charge < -0.3 is 0 Å².